The topological polar surface area (TPSA) is 105 Å². The maximum absolute atomic E-state index is 16.0. The van der Waals surface area contributed by atoms with E-state index in [-0.39, 0.29) is 65.0 Å². The molecule has 0 amide bonds. The molecule has 0 heterocycles. The number of benzene rings is 16. The van der Waals surface area contributed by atoms with Crippen LogP contribution in [0.3, 0.4) is 0 Å². The zero-order valence-corrected chi connectivity index (χ0v) is 49.1. The van der Waals surface area contributed by atoms with Crippen LogP contribution in [0, 0.1) is 21.7 Å². The van der Waals surface area contributed by atoms with Gasteiger partial charge in [-0.1, -0.05) is 218 Å². The van der Waals surface area contributed by atoms with E-state index in [0.717, 1.165) is 152 Å². The molecule has 4 bridgehead atoms. The maximum Gasteiger partial charge on any atom is 0.312 e. The van der Waals surface area contributed by atoms with Gasteiger partial charge in [0.25, 0.3) is 0 Å². The SMILES string of the molecule is O=C(OCc1ccc2ccc3cccc4ccc1c2c34)C12CC3(C(=O)OCc4ccc5ccc6cccc7ccc4c5c67)CC(C(=O)OCc4ccc5ccc6cccc7ccc4c5c67)(C1)CC(C(=O)OCc1ccc4ccc5cccc6ccc1c4c56)(C2)C3. The summed E-state index contributed by atoms with van der Waals surface area (Å²) in [5, 5.41) is 26.2. The molecule has 0 atom stereocenters. The summed E-state index contributed by atoms with van der Waals surface area (Å²) in [5.41, 5.74) is -2.74. The fourth-order valence-electron chi connectivity index (χ4n) is 18.4. The highest BCUT2D eigenvalue weighted by atomic mass is 16.5. The lowest BCUT2D eigenvalue weighted by molar-refractivity contribution is -0.237. The quantitative estimate of drug-likeness (QED) is 0.0677. The Morgan fingerprint density at radius 2 is 0.389 bits per heavy atom. The fraction of sp³-hybridized carbons (Fsp3) is 0.171. The van der Waals surface area contributed by atoms with E-state index in [9.17, 15) is 0 Å². The van der Waals surface area contributed by atoms with Gasteiger partial charge >= 0.3 is 23.9 Å². The molecule has 0 aromatic heterocycles. The molecule has 16 aromatic rings. The highest BCUT2D eigenvalue weighted by molar-refractivity contribution is 6.27. The number of esters is 4. The van der Waals surface area contributed by atoms with Crippen molar-refractivity contribution in [2.24, 2.45) is 21.7 Å². The van der Waals surface area contributed by atoms with Crippen LogP contribution in [0.15, 0.2) is 218 Å². The number of hydrogen-bond donors (Lipinski definition) is 0. The number of hydrogen-bond acceptors (Lipinski definition) is 8. The van der Waals surface area contributed by atoms with Crippen molar-refractivity contribution in [2.75, 3.05) is 0 Å². The Bertz CT molecular complexity index is 4950. The molecule has 0 spiro atoms. The van der Waals surface area contributed by atoms with Crippen molar-refractivity contribution in [3.05, 3.63) is 241 Å². The monoisotopic (exact) mass is 1170 g/mol. The van der Waals surface area contributed by atoms with Crippen LogP contribution in [0.2, 0.25) is 0 Å². The van der Waals surface area contributed by atoms with Gasteiger partial charge in [0.2, 0.25) is 0 Å². The average Bonchev–Trinajstić information content (AvgIpc) is 0.672. The molecule has 4 aliphatic carbocycles. The van der Waals surface area contributed by atoms with E-state index in [4.69, 9.17) is 18.9 Å². The van der Waals surface area contributed by atoms with Crippen LogP contribution >= 0.6 is 0 Å². The molecule has 90 heavy (non-hydrogen) atoms. The van der Waals surface area contributed by atoms with E-state index in [1.165, 1.54) is 0 Å². The summed E-state index contributed by atoms with van der Waals surface area (Å²) in [4.78, 5) is 64.1. The van der Waals surface area contributed by atoms with Gasteiger partial charge in [-0.3, -0.25) is 19.2 Å². The van der Waals surface area contributed by atoms with Gasteiger partial charge in [-0.25, -0.2) is 0 Å². The lowest BCUT2D eigenvalue weighted by Crippen LogP contribution is -2.69. The Morgan fingerprint density at radius 3 is 0.589 bits per heavy atom. The average molecular weight is 1170 g/mol. The first-order chi connectivity index (χ1) is 44.0. The Hall–Kier alpha value is -10.4. The summed E-state index contributed by atoms with van der Waals surface area (Å²) in [6, 6.07) is 75.5. The van der Waals surface area contributed by atoms with E-state index in [1.54, 1.807) is 0 Å². The summed E-state index contributed by atoms with van der Waals surface area (Å²) in [5.74, 6) is -2.26. The second-order valence-electron chi connectivity index (χ2n) is 26.8. The van der Waals surface area contributed by atoms with Crippen molar-refractivity contribution >= 4 is 153 Å². The summed E-state index contributed by atoms with van der Waals surface area (Å²) in [7, 11) is 0. The van der Waals surface area contributed by atoms with Crippen molar-refractivity contribution in [3.63, 3.8) is 0 Å². The third-order valence-electron chi connectivity index (χ3n) is 21.7. The standard InChI is InChI=1S/C82H56O8/c83-75(87-37-59-25-21-55-17-13-47-5-1-9-51-29-33-63(59)71(55)67(47)51)79-41-80(76(84)88-38-60-26-22-56-18-14-48-6-2-10-52-30-34-64(60)72(56)68(48)52)44-81(42-79,77(85)89-39-61-27-23-57-19-15-49-7-3-11-53-31-35-65(61)73(57)69(49)53)46-82(43-79,45-80)78(86)90-40-62-28-24-58-20-16-50-8-4-12-54-32-36-66(62)74(58)70(50)54/h1-36H,37-46H2. The normalized spacial score (nSPS) is 20.7. The van der Waals surface area contributed by atoms with Crippen LogP contribution < -0.4 is 0 Å². The first kappa shape index (κ1) is 51.6. The van der Waals surface area contributed by atoms with Crippen molar-refractivity contribution < 1.29 is 38.1 Å². The van der Waals surface area contributed by atoms with E-state index in [2.05, 4.69) is 194 Å². The molecule has 4 aliphatic rings. The van der Waals surface area contributed by atoms with Crippen LogP contribution in [-0.4, -0.2) is 23.9 Å². The van der Waals surface area contributed by atoms with Crippen LogP contribution in [0.1, 0.15) is 60.8 Å². The first-order valence-corrected chi connectivity index (χ1v) is 31.3. The first-order valence-electron chi connectivity index (χ1n) is 31.3. The lowest BCUT2D eigenvalue weighted by atomic mass is 9.35. The van der Waals surface area contributed by atoms with Gasteiger partial charge in [0.1, 0.15) is 26.4 Å². The Labute approximate surface area is 515 Å². The van der Waals surface area contributed by atoms with Crippen molar-refractivity contribution in [2.45, 2.75) is 65.0 Å². The molecule has 20 rings (SSSR count). The number of ether oxygens (including phenoxy) is 4. The summed E-state index contributed by atoms with van der Waals surface area (Å²) in [6.45, 7) is -0.282. The van der Waals surface area contributed by atoms with Gasteiger partial charge in [0.15, 0.2) is 0 Å². The highest BCUT2D eigenvalue weighted by Gasteiger charge is 2.77. The van der Waals surface area contributed by atoms with Gasteiger partial charge in [0.05, 0.1) is 21.7 Å². The van der Waals surface area contributed by atoms with E-state index >= 15 is 19.2 Å². The number of rotatable bonds is 12. The van der Waals surface area contributed by atoms with Crippen molar-refractivity contribution in [1.82, 2.24) is 0 Å². The molecule has 8 nitrogen and oxygen atoms in total. The molecule has 0 saturated heterocycles. The number of carbonyl (C=O) groups excluding carboxylic acids is 4. The third kappa shape index (κ3) is 7.30. The molecule has 0 N–H and O–H groups in total. The minimum atomic E-state index is -1.51. The second kappa shape index (κ2) is 18.6. The Morgan fingerprint density at radius 1 is 0.222 bits per heavy atom. The Balaban J connectivity index is 0.726. The highest BCUT2D eigenvalue weighted by Crippen LogP contribution is 2.75. The van der Waals surface area contributed by atoms with E-state index < -0.39 is 45.5 Å². The molecular weight excluding hydrogens is 1110 g/mol. The van der Waals surface area contributed by atoms with Crippen LogP contribution in [0.25, 0.3) is 129 Å². The van der Waals surface area contributed by atoms with Gasteiger partial charge in [-0.05, 0) is 190 Å². The van der Waals surface area contributed by atoms with E-state index in [1.807, 2.05) is 24.3 Å². The van der Waals surface area contributed by atoms with Crippen LogP contribution in [-0.2, 0) is 64.6 Å². The van der Waals surface area contributed by atoms with Crippen molar-refractivity contribution in [1.29, 1.82) is 0 Å². The molecule has 16 aromatic carbocycles. The molecule has 8 heteroatoms. The second-order valence-corrected chi connectivity index (χ2v) is 26.8. The van der Waals surface area contributed by atoms with Crippen LogP contribution in [0.4, 0.5) is 0 Å². The summed E-state index contributed by atoms with van der Waals surface area (Å²) >= 11 is 0. The maximum atomic E-state index is 16.0. The minimum Gasteiger partial charge on any atom is -0.460 e. The van der Waals surface area contributed by atoms with Gasteiger partial charge in [0, 0.05) is 0 Å². The van der Waals surface area contributed by atoms with Gasteiger partial charge in [-0.2, -0.15) is 0 Å². The molecular formula is C82H56O8. The smallest absolute Gasteiger partial charge is 0.312 e. The zero-order chi connectivity index (χ0) is 59.8. The van der Waals surface area contributed by atoms with E-state index in [0.29, 0.717) is 0 Å². The molecule has 4 saturated carbocycles. The molecule has 432 valence electrons. The fourth-order valence-corrected chi connectivity index (χ4v) is 18.4. The minimum absolute atomic E-state index is 0.0166. The Kier molecular flexibility index (Phi) is 10.6. The number of carbonyl (C=O) groups is 4. The predicted molar refractivity (Wildman–Crippen MR) is 357 cm³/mol. The van der Waals surface area contributed by atoms with Crippen LogP contribution in [0.5, 0.6) is 0 Å². The molecule has 0 unspecified atom stereocenters. The van der Waals surface area contributed by atoms with Gasteiger partial charge in [-0.15, -0.1) is 0 Å². The summed E-state index contributed by atoms with van der Waals surface area (Å²) in [6.07, 6.45) is 0.0996. The van der Waals surface area contributed by atoms with Gasteiger partial charge < -0.3 is 18.9 Å². The zero-order valence-electron chi connectivity index (χ0n) is 49.1. The summed E-state index contributed by atoms with van der Waals surface area (Å²) < 4.78 is 26.7. The van der Waals surface area contributed by atoms with Crippen molar-refractivity contribution in [3.8, 4) is 0 Å². The largest absolute Gasteiger partial charge is 0.460 e. The molecule has 0 aliphatic heterocycles. The predicted octanol–water partition coefficient (Wildman–Crippen LogP) is 18.9. The third-order valence-corrected chi connectivity index (χ3v) is 21.7. The lowest BCUT2D eigenvalue weighted by Gasteiger charge is -2.66. The molecule has 4 fully saturated rings. The molecule has 0 radical (unpaired) electrons.